The van der Waals surface area contributed by atoms with Gasteiger partial charge in [-0.3, -0.25) is 5.10 Å². The summed E-state index contributed by atoms with van der Waals surface area (Å²) in [4.78, 5) is 18.2. The molecule has 1 unspecified atom stereocenters. The Morgan fingerprint density at radius 3 is 2.67 bits per heavy atom. The number of nitrogens with one attached hydrogen (secondary N) is 2. The van der Waals surface area contributed by atoms with E-state index < -0.39 is 11.8 Å². The lowest BCUT2D eigenvalue weighted by atomic mass is 10.2. The van der Waals surface area contributed by atoms with E-state index in [9.17, 15) is 8.78 Å². The highest BCUT2D eigenvalue weighted by molar-refractivity contribution is 5.63. The van der Waals surface area contributed by atoms with Gasteiger partial charge in [0.1, 0.15) is 11.6 Å². The predicted octanol–water partition coefficient (Wildman–Crippen LogP) is 2.40. The van der Waals surface area contributed by atoms with E-state index in [1.54, 1.807) is 7.11 Å². The number of likely N-dealkylation sites (N-methyl/N-ethyl adjacent to an activating group) is 1. The lowest BCUT2D eigenvalue weighted by molar-refractivity contribution is 0.112. The third-order valence-electron chi connectivity index (χ3n) is 6.66. The second kappa shape index (κ2) is 8.66. The molecule has 1 aliphatic carbocycles. The van der Waals surface area contributed by atoms with Crippen LogP contribution in [0.15, 0.2) is 30.5 Å². The van der Waals surface area contributed by atoms with Crippen LogP contribution in [0.3, 0.4) is 0 Å². The summed E-state index contributed by atoms with van der Waals surface area (Å²) in [6.07, 6.45) is 1.29. The van der Waals surface area contributed by atoms with Crippen LogP contribution < -0.4 is 15.0 Å². The fourth-order valence-electron chi connectivity index (χ4n) is 4.43. The van der Waals surface area contributed by atoms with Crippen LogP contribution >= 0.6 is 0 Å². The molecule has 0 amide bonds. The molecule has 6 rings (SSSR count). The van der Waals surface area contributed by atoms with E-state index in [2.05, 4.69) is 47.4 Å². The first kappa shape index (κ1) is 22.6. The van der Waals surface area contributed by atoms with Crippen molar-refractivity contribution in [1.29, 1.82) is 0 Å². The van der Waals surface area contributed by atoms with E-state index >= 15 is 0 Å². The number of hydrogen-bond donors (Lipinski definition) is 2. The topological polar surface area (TPSA) is 112 Å². The summed E-state index contributed by atoms with van der Waals surface area (Å²) >= 11 is 0. The molecule has 3 aromatic heterocycles. The fraction of sp³-hybridized carbons (Fsp3) is 0.435. The first-order valence-corrected chi connectivity index (χ1v) is 11.8. The van der Waals surface area contributed by atoms with E-state index in [1.165, 1.54) is 10.7 Å². The van der Waals surface area contributed by atoms with Gasteiger partial charge in [-0.15, -0.1) is 0 Å². The van der Waals surface area contributed by atoms with Gasteiger partial charge in [-0.1, -0.05) is 12.1 Å². The molecule has 0 spiro atoms. The number of benzene rings is 1. The first-order valence-electron chi connectivity index (χ1n) is 11.8. The van der Waals surface area contributed by atoms with Crippen LogP contribution in [0.2, 0.25) is 0 Å². The summed E-state index contributed by atoms with van der Waals surface area (Å²) in [7, 11) is 3.66. The number of hydrogen-bond acceptors (Lipinski definition) is 9. The number of halogens is 2. The Bertz CT molecular complexity index is 1390. The highest BCUT2D eigenvalue weighted by Gasteiger charge is 2.59. The molecule has 1 saturated carbocycles. The van der Waals surface area contributed by atoms with Gasteiger partial charge in [0.15, 0.2) is 11.5 Å². The number of alkyl halides is 2. The van der Waals surface area contributed by atoms with Gasteiger partial charge >= 0.3 is 0 Å². The Morgan fingerprint density at radius 2 is 1.92 bits per heavy atom. The normalized spacial score (nSPS) is 19.6. The number of fused-ring (bicyclic) bond motifs is 1. The molecule has 2 aliphatic rings. The summed E-state index contributed by atoms with van der Waals surface area (Å²) in [5, 5.41) is 14.8. The van der Waals surface area contributed by atoms with Crippen LogP contribution in [0.1, 0.15) is 23.7 Å². The molecular weight excluding hydrogens is 470 g/mol. The second-order valence-electron chi connectivity index (χ2n) is 9.15. The Kier molecular flexibility index (Phi) is 5.43. The summed E-state index contributed by atoms with van der Waals surface area (Å²) in [6.45, 7) is 3.51. The van der Waals surface area contributed by atoms with Crippen LogP contribution in [0.25, 0.3) is 17.0 Å². The van der Waals surface area contributed by atoms with E-state index in [0.29, 0.717) is 40.5 Å². The number of piperazine rings is 1. The third-order valence-corrected chi connectivity index (χ3v) is 6.66. The van der Waals surface area contributed by atoms with Crippen molar-refractivity contribution in [2.75, 3.05) is 50.6 Å². The SMILES string of the molecule is COc1ccccc1-c1n[nH]c(CNc2nc(N3CCN(C)CC3)nc3c(C4CC4(F)F)cnn23)n1. The van der Waals surface area contributed by atoms with Crippen molar-refractivity contribution in [2.45, 2.75) is 24.8 Å². The molecule has 0 bridgehead atoms. The Hall–Kier alpha value is -3.87. The molecule has 1 saturated heterocycles. The van der Waals surface area contributed by atoms with E-state index in [0.717, 1.165) is 31.7 Å². The Balaban J connectivity index is 1.30. The molecule has 11 nitrogen and oxygen atoms in total. The number of nitrogens with zero attached hydrogens (tertiary/aromatic N) is 8. The maximum absolute atomic E-state index is 13.9. The van der Waals surface area contributed by atoms with Crippen molar-refractivity contribution in [1.82, 2.24) is 39.7 Å². The smallest absolute Gasteiger partial charge is 0.256 e. The van der Waals surface area contributed by atoms with Crippen molar-refractivity contribution in [3.8, 4) is 17.1 Å². The fourth-order valence-corrected chi connectivity index (χ4v) is 4.43. The molecule has 13 heteroatoms. The van der Waals surface area contributed by atoms with E-state index in [1.807, 2.05) is 24.3 Å². The van der Waals surface area contributed by atoms with E-state index in [-0.39, 0.29) is 13.0 Å². The number of para-hydroxylation sites is 1. The lowest BCUT2D eigenvalue weighted by Crippen LogP contribution is -2.45. The molecule has 0 radical (unpaired) electrons. The zero-order valence-electron chi connectivity index (χ0n) is 19.9. The van der Waals surface area contributed by atoms with Crippen LogP contribution in [0.5, 0.6) is 5.75 Å². The molecular formula is C23H26F2N10O. The quantitative estimate of drug-likeness (QED) is 0.398. The van der Waals surface area contributed by atoms with Gasteiger partial charge in [-0.25, -0.2) is 13.8 Å². The van der Waals surface area contributed by atoms with Gasteiger partial charge in [0.25, 0.3) is 5.92 Å². The zero-order chi connectivity index (χ0) is 24.9. The Morgan fingerprint density at radius 1 is 1.14 bits per heavy atom. The number of aromatic amines is 1. The molecule has 1 aliphatic heterocycles. The molecule has 4 heterocycles. The summed E-state index contributed by atoms with van der Waals surface area (Å²) in [6, 6.07) is 7.50. The maximum Gasteiger partial charge on any atom is 0.256 e. The number of rotatable bonds is 7. The third kappa shape index (κ3) is 4.08. The van der Waals surface area contributed by atoms with Crippen molar-refractivity contribution in [3.63, 3.8) is 0 Å². The van der Waals surface area contributed by atoms with Crippen LogP contribution in [0.4, 0.5) is 20.7 Å². The minimum atomic E-state index is -2.72. The first-order chi connectivity index (χ1) is 17.4. The number of anilines is 2. The van der Waals surface area contributed by atoms with Gasteiger partial charge in [0, 0.05) is 38.2 Å². The van der Waals surface area contributed by atoms with Crippen molar-refractivity contribution < 1.29 is 13.5 Å². The highest BCUT2D eigenvalue weighted by atomic mass is 19.3. The molecule has 188 valence electrons. The molecule has 1 atom stereocenters. The van der Waals surface area contributed by atoms with Crippen molar-refractivity contribution in [2.24, 2.45) is 0 Å². The van der Waals surface area contributed by atoms with Gasteiger partial charge in [-0.05, 0) is 19.2 Å². The summed E-state index contributed by atoms with van der Waals surface area (Å²) in [5.74, 6) is -0.930. The average Bonchev–Trinajstić information content (AvgIpc) is 3.24. The van der Waals surface area contributed by atoms with Crippen LogP contribution in [0, 0.1) is 0 Å². The van der Waals surface area contributed by atoms with Crippen molar-refractivity contribution >= 4 is 17.5 Å². The standard InChI is InChI=1S/C23H26F2N10O/c1-33-7-9-34(10-8-33)22-29-20-15(16-11-23(16,24)25)12-27-35(20)21(30-22)26-13-18-28-19(32-31-18)14-5-3-4-6-17(14)36-2/h3-6,12,16H,7-11,13H2,1-2H3,(H,26,29,30)(H,28,31,32). The minimum Gasteiger partial charge on any atom is -0.496 e. The molecule has 2 fully saturated rings. The summed E-state index contributed by atoms with van der Waals surface area (Å²) < 4.78 is 34.7. The second-order valence-corrected chi connectivity index (χ2v) is 9.15. The summed E-state index contributed by atoms with van der Waals surface area (Å²) in [5.41, 5.74) is 1.61. The van der Waals surface area contributed by atoms with Crippen molar-refractivity contribution in [3.05, 3.63) is 41.9 Å². The van der Waals surface area contributed by atoms with Gasteiger partial charge < -0.3 is 19.9 Å². The number of H-pyrrole nitrogens is 1. The molecule has 36 heavy (non-hydrogen) atoms. The molecule has 1 aromatic carbocycles. The van der Waals surface area contributed by atoms with Crippen LogP contribution in [-0.2, 0) is 6.54 Å². The van der Waals surface area contributed by atoms with Gasteiger partial charge in [0.05, 0.1) is 31.3 Å². The largest absolute Gasteiger partial charge is 0.496 e. The monoisotopic (exact) mass is 496 g/mol. The number of ether oxygens (including phenoxy) is 1. The average molecular weight is 497 g/mol. The highest BCUT2D eigenvalue weighted by Crippen LogP contribution is 2.56. The number of methoxy groups -OCH3 is 1. The number of aromatic nitrogens is 7. The Labute approximate surface area is 205 Å². The van der Waals surface area contributed by atoms with Gasteiger partial charge in [0.2, 0.25) is 11.9 Å². The van der Waals surface area contributed by atoms with Crippen LogP contribution in [-0.4, -0.2) is 85.9 Å². The molecule has 2 N–H and O–H groups in total. The van der Waals surface area contributed by atoms with E-state index in [4.69, 9.17) is 9.72 Å². The minimum absolute atomic E-state index is 0.186. The predicted molar refractivity (Wildman–Crippen MR) is 128 cm³/mol. The zero-order valence-corrected chi connectivity index (χ0v) is 19.9. The molecule has 4 aromatic rings. The maximum atomic E-state index is 13.9. The lowest BCUT2D eigenvalue weighted by Gasteiger charge is -2.32. The van der Waals surface area contributed by atoms with Gasteiger partial charge in [-0.2, -0.15) is 24.7 Å².